The van der Waals surface area contributed by atoms with E-state index >= 15 is 0 Å². The number of ether oxygens (including phenoxy) is 2. The fourth-order valence-electron chi connectivity index (χ4n) is 3.85. The van der Waals surface area contributed by atoms with Crippen molar-refractivity contribution in [1.82, 2.24) is 10.2 Å². The average Bonchev–Trinajstić information content (AvgIpc) is 2.85. The molecule has 9 nitrogen and oxygen atoms in total. The third-order valence-electron chi connectivity index (χ3n) is 5.57. The number of carbonyl (C=O) groups is 2. The van der Waals surface area contributed by atoms with E-state index in [0.29, 0.717) is 14.0 Å². The number of nitrogens with zero attached hydrogens (tertiary/aromatic N) is 1. The molecule has 2 amide bonds. The van der Waals surface area contributed by atoms with Crippen molar-refractivity contribution in [2.24, 2.45) is 0 Å². The first-order chi connectivity index (χ1) is 17.4. The zero-order valence-electron chi connectivity index (χ0n) is 20.1. The van der Waals surface area contributed by atoms with E-state index in [1.165, 1.54) is 25.3 Å². The number of halogens is 4. The van der Waals surface area contributed by atoms with Gasteiger partial charge in [-0.2, -0.15) is 13.2 Å². The molecule has 0 bridgehead atoms. The van der Waals surface area contributed by atoms with Gasteiger partial charge in [-0.05, 0) is 52.8 Å². The van der Waals surface area contributed by atoms with Crippen LogP contribution in [0.3, 0.4) is 0 Å². The number of amides is 2. The Balaban J connectivity index is 2.53. The molecule has 1 aromatic carbocycles. The molecule has 1 aliphatic carbocycles. The maximum Gasteiger partial charge on any atom is 0.406 e. The molecule has 0 saturated carbocycles. The van der Waals surface area contributed by atoms with Crippen LogP contribution in [0.1, 0.15) is 24.8 Å². The van der Waals surface area contributed by atoms with E-state index in [0.717, 1.165) is 0 Å². The number of methoxy groups -OCH3 is 1. The first-order valence-corrected chi connectivity index (χ1v) is 12.4. The largest absolute Gasteiger partial charge is 0.493 e. The van der Waals surface area contributed by atoms with Gasteiger partial charge in [0, 0.05) is 25.0 Å². The number of allylic oxidation sites excluding steroid dienone is 1. The lowest BCUT2D eigenvalue weighted by Gasteiger charge is -2.41. The Kier molecular flexibility index (Phi) is 11.7. The molecule has 0 fully saturated rings. The lowest BCUT2D eigenvalue weighted by molar-refractivity contribution is -0.172. The highest BCUT2D eigenvalue weighted by Gasteiger charge is 2.44. The Hall–Kier alpha value is -2.36. The van der Waals surface area contributed by atoms with Crippen molar-refractivity contribution in [3.05, 3.63) is 45.6 Å². The fourth-order valence-corrected chi connectivity index (χ4v) is 4.64. The number of hydrogen-bond donors (Lipinski definition) is 4. The van der Waals surface area contributed by atoms with Crippen LogP contribution in [0.2, 0.25) is 0 Å². The summed E-state index contributed by atoms with van der Waals surface area (Å²) in [6, 6.07) is 1.65. The van der Waals surface area contributed by atoms with Crippen LogP contribution in [-0.4, -0.2) is 83.3 Å². The van der Waals surface area contributed by atoms with E-state index in [9.17, 15) is 33.0 Å². The summed E-state index contributed by atoms with van der Waals surface area (Å²) in [5, 5.41) is 32.1. The normalized spacial score (nSPS) is 19.6. The second-order valence-electron chi connectivity index (χ2n) is 8.25. The summed E-state index contributed by atoms with van der Waals surface area (Å²) >= 11 is 1.91. The number of alkyl halides is 3. The Morgan fingerprint density at radius 2 is 2.03 bits per heavy atom. The summed E-state index contributed by atoms with van der Waals surface area (Å²) in [6.07, 6.45) is -5.57. The summed E-state index contributed by atoms with van der Waals surface area (Å²) in [5.41, 5.74) is 0.498. The molecular formula is C24H30F3IN2O7. The van der Waals surface area contributed by atoms with E-state index in [-0.39, 0.29) is 56.1 Å². The van der Waals surface area contributed by atoms with Gasteiger partial charge in [0.2, 0.25) is 11.8 Å². The third kappa shape index (κ3) is 8.58. The Morgan fingerprint density at radius 3 is 2.59 bits per heavy atom. The van der Waals surface area contributed by atoms with E-state index in [1.54, 1.807) is 6.07 Å². The minimum Gasteiger partial charge on any atom is -0.493 e. The van der Waals surface area contributed by atoms with E-state index < -0.39 is 42.8 Å². The Labute approximate surface area is 226 Å². The molecule has 0 radical (unpaired) electrons. The van der Waals surface area contributed by atoms with Crippen molar-refractivity contribution < 1.29 is 47.6 Å². The predicted molar refractivity (Wildman–Crippen MR) is 136 cm³/mol. The summed E-state index contributed by atoms with van der Waals surface area (Å²) in [7, 11) is 1.35. The van der Waals surface area contributed by atoms with Crippen molar-refractivity contribution >= 4 is 34.4 Å². The quantitative estimate of drug-likeness (QED) is 0.203. The highest BCUT2D eigenvalue weighted by Crippen LogP contribution is 2.37. The molecule has 2 rings (SSSR count). The van der Waals surface area contributed by atoms with Gasteiger partial charge in [0.25, 0.3) is 0 Å². The van der Waals surface area contributed by atoms with E-state index in [2.05, 4.69) is 11.9 Å². The number of aliphatic hydroxyl groups is 3. The van der Waals surface area contributed by atoms with E-state index in [4.69, 9.17) is 14.6 Å². The van der Waals surface area contributed by atoms with Crippen molar-refractivity contribution in [3.63, 3.8) is 0 Å². The molecular weight excluding hydrogens is 612 g/mol. The molecule has 0 unspecified atom stereocenters. The van der Waals surface area contributed by atoms with Crippen LogP contribution in [0, 0.1) is 3.57 Å². The predicted octanol–water partition coefficient (Wildman–Crippen LogP) is 2.06. The van der Waals surface area contributed by atoms with Gasteiger partial charge in [-0.15, -0.1) is 6.58 Å². The SMILES string of the molecule is C=CCCC(=O)N(CC(F)(F)F)[C@@H]1CC(C(=O)NCCO)=C[C@H](Oc2c(I)cc(CO)cc2OC)[C@H]1O. The van der Waals surface area contributed by atoms with Crippen LogP contribution in [-0.2, 0) is 16.2 Å². The van der Waals surface area contributed by atoms with Crippen molar-refractivity contribution in [2.45, 2.75) is 50.3 Å². The monoisotopic (exact) mass is 642 g/mol. The third-order valence-corrected chi connectivity index (χ3v) is 6.37. The van der Waals surface area contributed by atoms with Gasteiger partial charge < -0.3 is 35.0 Å². The summed E-state index contributed by atoms with van der Waals surface area (Å²) < 4.78 is 52.2. The molecule has 1 aliphatic rings. The standard InChI is InChI=1S/C24H30F3IN2O7/c1-3-4-5-20(33)30(13-24(25,26)27)17-10-15(23(35)29-6-7-31)11-18(21(17)34)37-22-16(28)8-14(12-32)9-19(22)36-2/h3,8-9,11,17-18,21,31-32,34H,1,4-7,10,12-13H2,2H3,(H,29,35)/t17-,18+,21+/m1/s1. The van der Waals surface area contributed by atoms with Crippen molar-refractivity contribution in [3.8, 4) is 11.5 Å². The smallest absolute Gasteiger partial charge is 0.406 e. The molecule has 13 heteroatoms. The number of carbonyl (C=O) groups excluding carboxylic acids is 2. The second kappa shape index (κ2) is 14.0. The first-order valence-electron chi connectivity index (χ1n) is 11.3. The van der Waals surface area contributed by atoms with Crippen molar-refractivity contribution in [2.75, 3.05) is 26.8 Å². The lowest BCUT2D eigenvalue weighted by Crippen LogP contribution is -2.57. The van der Waals surface area contributed by atoms with Crippen LogP contribution < -0.4 is 14.8 Å². The van der Waals surface area contributed by atoms with Gasteiger partial charge in [0.1, 0.15) is 18.8 Å². The molecule has 206 valence electrons. The number of hydrogen-bond acceptors (Lipinski definition) is 7. The first kappa shape index (κ1) is 30.9. The van der Waals surface area contributed by atoms with Crippen molar-refractivity contribution in [1.29, 1.82) is 0 Å². The molecule has 3 atom stereocenters. The molecule has 37 heavy (non-hydrogen) atoms. The topological polar surface area (TPSA) is 129 Å². The highest BCUT2D eigenvalue weighted by atomic mass is 127. The molecule has 0 saturated heterocycles. The van der Waals surface area contributed by atoms with Crippen LogP contribution >= 0.6 is 22.6 Å². The number of benzene rings is 1. The summed E-state index contributed by atoms with van der Waals surface area (Å²) in [4.78, 5) is 26.0. The highest BCUT2D eigenvalue weighted by molar-refractivity contribution is 14.1. The van der Waals surface area contributed by atoms with Gasteiger partial charge in [0.15, 0.2) is 11.5 Å². The minimum absolute atomic E-state index is 0.0154. The van der Waals surface area contributed by atoms with Gasteiger partial charge in [-0.3, -0.25) is 9.59 Å². The number of nitrogens with one attached hydrogen (secondary N) is 1. The molecule has 0 aliphatic heterocycles. The Bertz CT molecular complexity index is 1000. The second-order valence-corrected chi connectivity index (χ2v) is 9.41. The van der Waals surface area contributed by atoms with Crippen LogP contribution in [0.15, 0.2) is 36.4 Å². The minimum atomic E-state index is -4.76. The number of aliphatic hydroxyl groups excluding tert-OH is 3. The zero-order chi connectivity index (χ0) is 27.8. The molecule has 0 spiro atoms. The van der Waals surface area contributed by atoms with Gasteiger partial charge >= 0.3 is 6.18 Å². The molecule has 0 heterocycles. The average molecular weight is 642 g/mol. The van der Waals surface area contributed by atoms with Crippen LogP contribution in [0.5, 0.6) is 11.5 Å². The molecule has 4 N–H and O–H groups in total. The fraction of sp³-hybridized carbons (Fsp3) is 0.500. The molecule has 1 aromatic rings. The van der Waals surface area contributed by atoms with E-state index in [1.807, 2.05) is 22.6 Å². The summed E-state index contributed by atoms with van der Waals surface area (Å²) in [6.45, 7) is 1.10. The lowest BCUT2D eigenvalue weighted by atomic mass is 9.88. The summed E-state index contributed by atoms with van der Waals surface area (Å²) in [5.74, 6) is -1.21. The van der Waals surface area contributed by atoms with Crippen LogP contribution in [0.25, 0.3) is 0 Å². The maximum absolute atomic E-state index is 13.5. The van der Waals surface area contributed by atoms with Crippen LogP contribution in [0.4, 0.5) is 13.2 Å². The van der Waals surface area contributed by atoms with Gasteiger partial charge in [-0.25, -0.2) is 0 Å². The molecule has 0 aromatic heterocycles. The Morgan fingerprint density at radius 1 is 1.32 bits per heavy atom. The zero-order valence-corrected chi connectivity index (χ0v) is 22.3. The number of rotatable bonds is 12. The van der Waals surface area contributed by atoms with Gasteiger partial charge in [0.05, 0.1) is 29.9 Å². The maximum atomic E-state index is 13.5. The van der Waals surface area contributed by atoms with Gasteiger partial charge in [-0.1, -0.05) is 6.08 Å².